The maximum absolute atomic E-state index is 11.7. The zero-order valence-electron chi connectivity index (χ0n) is 35.3. The number of rotatable bonds is 23. The van der Waals surface area contributed by atoms with Gasteiger partial charge in [-0.1, -0.05) is 85.3 Å². The van der Waals surface area contributed by atoms with Crippen molar-refractivity contribution in [3.63, 3.8) is 0 Å². The molecule has 0 aromatic rings. The molecule has 56 heavy (non-hydrogen) atoms. The molecule has 0 aliphatic carbocycles. The number of carbonyl (C=O) groups excluding carboxylic acids is 1. The minimum Gasteiger partial charge on any atom is -0.459 e. The van der Waals surface area contributed by atoms with Crippen LogP contribution in [0.25, 0.3) is 0 Å². The van der Waals surface area contributed by atoms with Gasteiger partial charge in [-0.15, -0.1) is 6.58 Å². The van der Waals surface area contributed by atoms with E-state index in [9.17, 15) is 45.6 Å². The molecule has 14 heteroatoms. The topological polar surface area (TPSA) is 247 Å². The van der Waals surface area contributed by atoms with Crippen LogP contribution >= 0.6 is 0 Å². The molecule has 14 nitrogen and oxygen atoms in total. The predicted molar refractivity (Wildman–Crippen MR) is 214 cm³/mol. The summed E-state index contributed by atoms with van der Waals surface area (Å²) in [7, 11) is 0. The van der Waals surface area contributed by atoms with Crippen LogP contribution in [0.5, 0.6) is 0 Å². The van der Waals surface area contributed by atoms with Crippen LogP contribution in [0.1, 0.15) is 88.5 Å². The van der Waals surface area contributed by atoms with Gasteiger partial charge in [0.25, 0.3) is 0 Å². The number of hydrogen-bond acceptors (Lipinski definition) is 14. The lowest BCUT2D eigenvalue weighted by Crippen LogP contribution is -2.60. The fourth-order valence-electron chi connectivity index (χ4n) is 6.72. The molecular weight excluding hydrogens is 728 g/mol. The molecule has 0 aromatic heterocycles. The van der Waals surface area contributed by atoms with Crippen LogP contribution in [-0.4, -0.2) is 144 Å². The smallest absolute Gasteiger partial charge is 0.333 e. The standard InChI is InChI=1S/C27H50O7.C15H26O7/c1-9-15(3)11-16(4)12-19(7)26(20(8)13-18(6)22(29)17(5)10-2)34-27-25(32)24(31)23(30)21(14-28)33-27;1-8(2)13(19)9(3)5-10(4)15(21)22-7-12(18)14(20)11(17)6-16/h10,13,15-17,19-32H,2,9,11-12,14H2,1,3-8H3;5,9,11-14,16-20H,1,6-7H2,2-4H3. The fraction of sp³-hybridized carbons (Fsp3) is 0.786. The number of ether oxygens (including phenoxy) is 3. The van der Waals surface area contributed by atoms with Gasteiger partial charge in [-0.05, 0) is 56.9 Å². The van der Waals surface area contributed by atoms with Gasteiger partial charge in [-0.2, -0.15) is 0 Å². The van der Waals surface area contributed by atoms with E-state index in [0.29, 0.717) is 17.4 Å². The summed E-state index contributed by atoms with van der Waals surface area (Å²) < 4.78 is 16.7. The molecule has 10 N–H and O–H groups in total. The van der Waals surface area contributed by atoms with Crippen molar-refractivity contribution in [1.29, 1.82) is 0 Å². The Morgan fingerprint density at radius 1 is 0.786 bits per heavy atom. The molecular formula is C42H76O14. The first kappa shape index (κ1) is 53.9. The Hall–Kier alpha value is -2.05. The van der Waals surface area contributed by atoms with E-state index >= 15 is 0 Å². The first-order chi connectivity index (χ1) is 26.0. The molecule has 1 rings (SSSR count). The van der Waals surface area contributed by atoms with Gasteiger partial charge in [-0.3, -0.25) is 0 Å². The van der Waals surface area contributed by atoms with Crippen molar-refractivity contribution < 1.29 is 70.1 Å². The van der Waals surface area contributed by atoms with Crippen molar-refractivity contribution in [2.24, 2.45) is 35.5 Å². The summed E-state index contributed by atoms with van der Waals surface area (Å²) in [4.78, 5) is 11.7. The summed E-state index contributed by atoms with van der Waals surface area (Å²) >= 11 is 0. The summed E-state index contributed by atoms with van der Waals surface area (Å²) in [6.07, 6.45) is -4.72. The van der Waals surface area contributed by atoms with E-state index < -0.39 is 87.0 Å². The van der Waals surface area contributed by atoms with E-state index in [-0.39, 0.29) is 35.3 Å². The van der Waals surface area contributed by atoms with E-state index in [1.54, 1.807) is 19.9 Å². The molecule has 328 valence electrons. The second-order valence-corrected chi connectivity index (χ2v) is 16.1. The SMILES string of the molecule is C=C(C)C(O)C(C)C=C(C)C(=O)OCC(O)C(O)C(O)CO.C=CC(C)C(O)C(C)=CC(C)C(OC1OC(CO)C(O)C(O)C1O)C(C)CC(C)CC(C)CC. The van der Waals surface area contributed by atoms with Crippen LogP contribution in [-0.2, 0) is 19.0 Å². The Bertz CT molecular complexity index is 1210. The maximum atomic E-state index is 11.7. The molecule has 1 fully saturated rings. The molecule has 0 amide bonds. The fourth-order valence-corrected chi connectivity index (χ4v) is 6.72. The van der Waals surface area contributed by atoms with E-state index in [4.69, 9.17) is 24.4 Å². The third-order valence-corrected chi connectivity index (χ3v) is 10.6. The molecule has 1 aliphatic rings. The van der Waals surface area contributed by atoms with Crippen LogP contribution in [0.15, 0.2) is 48.1 Å². The third kappa shape index (κ3) is 17.8. The van der Waals surface area contributed by atoms with Crippen molar-refractivity contribution in [2.75, 3.05) is 19.8 Å². The van der Waals surface area contributed by atoms with Crippen molar-refractivity contribution in [2.45, 2.75) is 156 Å². The molecule has 1 saturated heterocycles. The Kier molecular flexibility index (Phi) is 25.9. The van der Waals surface area contributed by atoms with E-state index in [0.717, 1.165) is 24.8 Å². The van der Waals surface area contributed by atoms with Gasteiger partial charge in [0, 0.05) is 23.3 Å². The minimum atomic E-state index is -1.62. The molecule has 0 radical (unpaired) electrons. The predicted octanol–water partition coefficient (Wildman–Crippen LogP) is 2.16. The highest BCUT2D eigenvalue weighted by atomic mass is 16.7. The van der Waals surface area contributed by atoms with Crippen LogP contribution in [0.3, 0.4) is 0 Å². The molecule has 17 atom stereocenters. The zero-order chi connectivity index (χ0) is 43.6. The van der Waals surface area contributed by atoms with Crippen molar-refractivity contribution in [1.82, 2.24) is 0 Å². The number of aliphatic hydroxyl groups excluding tert-OH is 10. The van der Waals surface area contributed by atoms with Crippen LogP contribution in [0, 0.1) is 35.5 Å². The quantitative estimate of drug-likeness (QED) is 0.0404. The zero-order valence-corrected chi connectivity index (χ0v) is 35.3. The van der Waals surface area contributed by atoms with Crippen LogP contribution in [0.4, 0.5) is 0 Å². The first-order valence-electron chi connectivity index (χ1n) is 19.8. The number of carbonyl (C=O) groups is 1. The second-order valence-electron chi connectivity index (χ2n) is 16.1. The number of esters is 1. The van der Waals surface area contributed by atoms with Gasteiger partial charge < -0.3 is 65.3 Å². The summed E-state index contributed by atoms with van der Waals surface area (Å²) in [5.74, 6) is -0.107. The summed E-state index contributed by atoms with van der Waals surface area (Å²) in [6.45, 7) is 25.1. The first-order valence-corrected chi connectivity index (χ1v) is 19.8. The van der Waals surface area contributed by atoms with E-state index in [1.807, 2.05) is 26.8 Å². The molecule has 0 aromatic carbocycles. The lowest BCUT2D eigenvalue weighted by atomic mass is 9.82. The number of hydrogen-bond donors (Lipinski definition) is 10. The molecule has 1 heterocycles. The average Bonchev–Trinajstić information content (AvgIpc) is 3.16. The molecule has 0 spiro atoms. The number of aliphatic hydroxyl groups is 10. The molecule has 0 saturated carbocycles. The normalized spacial score (nSPS) is 27.1. The lowest BCUT2D eigenvalue weighted by Gasteiger charge is -2.42. The maximum Gasteiger partial charge on any atom is 0.333 e. The second kappa shape index (κ2) is 26.9. The molecule has 17 unspecified atom stereocenters. The van der Waals surface area contributed by atoms with Crippen LogP contribution < -0.4 is 0 Å². The highest BCUT2D eigenvalue weighted by Crippen LogP contribution is 2.32. The lowest BCUT2D eigenvalue weighted by molar-refractivity contribution is -0.317. The van der Waals surface area contributed by atoms with Crippen molar-refractivity contribution in [3.05, 3.63) is 48.1 Å². The Balaban J connectivity index is 0.00000119. The Morgan fingerprint density at radius 3 is 1.88 bits per heavy atom. The van der Waals surface area contributed by atoms with Crippen molar-refractivity contribution >= 4 is 5.97 Å². The monoisotopic (exact) mass is 805 g/mol. The van der Waals surface area contributed by atoms with E-state index in [2.05, 4.69) is 40.9 Å². The largest absolute Gasteiger partial charge is 0.459 e. The minimum absolute atomic E-state index is 0.0828. The van der Waals surface area contributed by atoms with Gasteiger partial charge in [0.1, 0.15) is 49.3 Å². The Morgan fingerprint density at radius 2 is 1.38 bits per heavy atom. The average molecular weight is 805 g/mol. The van der Waals surface area contributed by atoms with Gasteiger partial charge in [0.15, 0.2) is 6.29 Å². The highest BCUT2D eigenvalue weighted by Gasteiger charge is 2.45. The summed E-state index contributed by atoms with van der Waals surface area (Å²) in [5.41, 5.74) is 1.61. The molecule has 1 aliphatic heterocycles. The van der Waals surface area contributed by atoms with Crippen molar-refractivity contribution in [3.8, 4) is 0 Å². The summed E-state index contributed by atoms with van der Waals surface area (Å²) in [6, 6.07) is 0. The third-order valence-electron chi connectivity index (χ3n) is 10.6. The van der Waals surface area contributed by atoms with Gasteiger partial charge in [0.05, 0.1) is 31.5 Å². The van der Waals surface area contributed by atoms with Gasteiger partial charge in [0.2, 0.25) is 0 Å². The Labute approximate surface area is 334 Å². The van der Waals surface area contributed by atoms with Gasteiger partial charge in [-0.25, -0.2) is 4.79 Å². The van der Waals surface area contributed by atoms with Gasteiger partial charge >= 0.3 is 5.97 Å². The van der Waals surface area contributed by atoms with E-state index in [1.165, 1.54) is 13.0 Å². The summed E-state index contributed by atoms with van der Waals surface area (Å²) in [5, 5.41) is 97.5. The molecule has 0 bridgehead atoms. The highest BCUT2D eigenvalue weighted by molar-refractivity contribution is 5.87. The van der Waals surface area contributed by atoms with Crippen LogP contribution in [0.2, 0.25) is 0 Å².